The Kier molecular flexibility index (Phi) is 3.97. The number of methoxy groups -OCH3 is 1. The first-order chi connectivity index (χ1) is 9.10. The van der Waals surface area contributed by atoms with Crippen LogP contribution in [0.2, 0.25) is 0 Å². The lowest BCUT2D eigenvalue weighted by molar-refractivity contribution is -0.0108. The molecular weight excluding hydrogens is 240 g/mol. The number of likely N-dealkylation sites (N-methyl/N-ethyl adjacent to an activating group) is 1. The molecule has 1 unspecified atom stereocenters. The highest BCUT2D eigenvalue weighted by molar-refractivity contribution is 5.32. The third kappa shape index (κ3) is 2.67. The monoisotopic (exact) mass is 260 g/mol. The van der Waals surface area contributed by atoms with Crippen LogP contribution in [0.25, 0.3) is 5.69 Å². The highest BCUT2D eigenvalue weighted by Crippen LogP contribution is 2.28. The van der Waals surface area contributed by atoms with Crippen LogP contribution in [0.4, 0.5) is 0 Å². The van der Waals surface area contributed by atoms with Crippen LogP contribution in [0.5, 0.6) is 0 Å². The van der Waals surface area contributed by atoms with E-state index in [-0.39, 0.29) is 11.6 Å². The molecular formula is C14H20N4O. The second kappa shape index (κ2) is 5.50. The Morgan fingerprint density at radius 2 is 1.95 bits per heavy atom. The van der Waals surface area contributed by atoms with Crippen molar-refractivity contribution in [2.24, 2.45) is 0 Å². The summed E-state index contributed by atoms with van der Waals surface area (Å²) in [6.07, 6.45) is 1.77. The van der Waals surface area contributed by atoms with Gasteiger partial charge in [0.05, 0.1) is 29.2 Å². The fraction of sp³-hybridized carbons (Fsp3) is 0.429. The number of nitrogens with zero attached hydrogens (tertiary/aromatic N) is 3. The summed E-state index contributed by atoms with van der Waals surface area (Å²) in [6, 6.07) is 9.95. The summed E-state index contributed by atoms with van der Waals surface area (Å²) in [6.45, 7) is 4.08. The first-order valence-corrected chi connectivity index (χ1v) is 6.28. The smallest absolute Gasteiger partial charge is 0.0844 e. The van der Waals surface area contributed by atoms with Crippen LogP contribution < -0.4 is 5.32 Å². The van der Waals surface area contributed by atoms with Crippen molar-refractivity contribution in [3.8, 4) is 5.69 Å². The summed E-state index contributed by atoms with van der Waals surface area (Å²) >= 11 is 0. The number of benzene rings is 1. The number of hydrogen-bond donors (Lipinski definition) is 1. The standard InChI is InChI=1S/C14H20N4O/c1-14(2,19-4)13(15-3)12-10-16-17-18(12)11-8-6-5-7-9-11/h5-10,13,15H,1-4H3. The summed E-state index contributed by atoms with van der Waals surface area (Å²) in [5.74, 6) is 0. The molecule has 1 aromatic heterocycles. The Bertz CT molecular complexity index is 521. The van der Waals surface area contributed by atoms with Gasteiger partial charge >= 0.3 is 0 Å². The number of ether oxygens (including phenoxy) is 1. The average Bonchev–Trinajstić information content (AvgIpc) is 2.89. The van der Waals surface area contributed by atoms with E-state index in [1.807, 2.05) is 55.9 Å². The number of nitrogens with one attached hydrogen (secondary N) is 1. The van der Waals surface area contributed by atoms with Crippen molar-refractivity contribution in [1.82, 2.24) is 20.3 Å². The van der Waals surface area contributed by atoms with Crippen molar-refractivity contribution in [3.63, 3.8) is 0 Å². The van der Waals surface area contributed by atoms with Gasteiger partial charge in [0.2, 0.25) is 0 Å². The van der Waals surface area contributed by atoms with Crippen LogP contribution in [0.15, 0.2) is 36.5 Å². The minimum absolute atomic E-state index is 0.00675. The predicted molar refractivity (Wildman–Crippen MR) is 74.2 cm³/mol. The van der Waals surface area contributed by atoms with Gasteiger partial charge in [-0.2, -0.15) is 0 Å². The summed E-state index contributed by atoms with van der Waals surface area (Å²) in [7, 11) is 3.62. The molecule has 0 aliphatic carbocycles. The SMILES string of the molecule is CNC(c1cnnn1-c1ccccc1)C(C)(C)OC. The summed E-state index contributed by atoms with van der Waals surface area (Å²) < 4.78 is 7.41. The van der Waals surface area contributed by atoms with Gasteiger partial charge in [0.1, 0.15) is 0 Å². The van der Waals surface area contributed by atoms with Gasteiger partial charge in [-0.05, 0) is 33.0 Å². The predicted octanol–water partition coefficient (Wildman–Crippen LogP) is 1.95. The van der Waals surface area contributed by atoms with Gasteiger partial charge in [-0.1, -0.05) is 23.4 Å². The average molecular weight is 260 g/mol. The molecule has 0 fully saturated rings. The number of rotatable bonds is 5. The molecule has 0 saturated heterocycles. The second-order valence-electron chi connectivity index (χ2n) is 4.94. The van der Waals surface area contributed by atoms with Gasteiger partial charge < -0.3 is 10.1 Å². The number of para-hydroxylation sites is 1. The molecule has 0 spiro atoms. The minimum Gasteiger partial charge on any atom is -0.377 e. The molecule has 0 aliphatic rings. The van der Waals surface area contributed by atoms with Gasteiger partial charge in [-0.25, -0.2) is 4.68 Å². The van der Waals surface area contributed by atoms with E-state index < -0.39 is 0 Å². The van der Waals surface area contributed by atoms with Gasteiger partial charge in [0.15, 0.2) is 0 Å². The van der Waals surface area contributed by atoms with E-state index >= 15 is 0 Å². The van der Waals surface area contributed by atoms with Crippen molar-refractivity contribution < 1.29 is 4.74 Å². The Labute approximate surface area is 113 Å². The van der Waals surface area contributed by atoms with Crippen LogP contribution in [-0.4, -0.2) is 34.8 Å². The molecule has 0 aliphatic heterocycles. The lowest BCUT2D eigenvalue weighted by Gasteiger charge is -2.32. The first-order valence-electron chi connectivity index (χ1n) is 6.28. The van der Waals surface area contributed by atoms with Crippen molar-refractivity contribution in [2.75, 3.05) is 14.2 Å². The zero-order chi connectivity index (χ0) is 13.9. The van der Waals surface area contributed by atoms with E-state index in [4.69, 9.17) is 4.74 Å². The molecule has 1 aromatic carbocycles. The first kappa shape index (κ1) is 13.7. The van der Waals surface area contributed by atoms with E-state index in [0.29, 0.717) is 0 Å². The zero-order valence-corrected chi connectivity index (χ0v) is 11.8. The van der Waals surface area contributed by atoms with Crippen LogP contribution >= 0.6 is 0 Å². The molecule has 19 heavy (non-hydrogen) atoms. The summed E-state index contributed by atoms with van der Waals surface area (Å²) in [4.78, 5) is 0. The van der Waals surface area contributed by atoms with Crippen molar-refractivity contribution in [1.29, 1.82) is 0 Å². The van der Waals surface area contributed by atoms with Crippen LogP contribution in [0, 0.1) is 0 Å². The molecule has 0 saturated carbocycles. The molecule has 1 atom stereocenters. The zero-order valence-electron chi connectivity index (χ0n) is 11.8. The van der Waals surface area contributed by atoms with Gasteiger partial charge in [-0.3, -0.25) is 0 Å². The van der Waals surface area contributed by atoms with Crippen LogP contribution in [0.1, 0.15) is 25.6 Å². The fourth-order valence-corrected chi connectivity index (χ4v) is 2.18. The van der Waals surface area contributed by atoms with Crippen molar-refractivity contribution >= 4 is 0 Å². The highest BCUT2D eigenvalue weighted by atomic mass is 16.5. The quantitative estimate of drug-likeness (QED) is 0.892. The molecule has 1 N–H and O–H groups in total. The van der Waals surface area contributed by atoms with Crippen LogP contribution in [-0.2, 0) is 4.74 Å². The van der Waals surface area contributed by atoms with Gasteiger partial charge in [-0.15, -0.1) is 5.10 Å². The van der Waals surface area contributed by atoms with E-state index in [9.17, 15) is 0 Å². The van der Waals surface area contributed by atoms with E-state index in [0.717, 1.165) is 11.4 Å². The topological polar surface area (TPSA) is 52.0 Å². The van der Waals surface area contributed by atoms with E-state index in [1.54, 1.807) is 13.3 Å². The maximum Gasteiger partial charge on any atom is 0.0844 e. The second-order valence-corrected chi connectivity index (χ2v) is 4.94. The van der Waals surface area contributed by atoms with Gasteiger partial charge in [0, 0.05) is 7.11 Å². The van der Waals surface area contributed by atoms with Gasteiger partial charge in [0.25, 0.3) is 0 Å². The molecule has 1 heterocycles. The molecule has 2 rings (SSSR count). The molecule has 0 radical (unpaired) electrons. The molecule has 0 bridgehead atoms. The third-order valence-electron chi connectivity index (χ3n) is 3.38. The molecule has 102 valence electrons. The number of aromatic nitrogens is 3. The Hall–Kier alpha value is -1.72. The lowest BCUT2D eigenvalue weighted by atomic mass is 9.96. The fourth-order valence-electron chi connectivity index (χ4n) is 2.18. The Morgan fingerprint density at radius 1 is 1.26 bits per heavy atom. The van der Waals surface area contributed by atoms with Crippen molar-refractivity contribution in [2.45, 2.75) is 25.5 Å². The van der Waals surface area contributed by atoms with Crippen LogP contribution in [0.3, 0.4) is 0 Å². The molecule has 5 heteroatoms. The highest BCUT2D eigenvalue weighted by Gasteiger charge is 2.32. The normalized spacial score (nSPS) is 13.5. The lowest BCUT2D eigenvalue weighted by Crippen LogP contribution is -2.40. The largest absolute Gasteiger partial charge is 0.377 e. The summed E-state index contributed by atoms with van der Waals surface area (Å²) in [5, 5.41) is 11.5. The molecule has 0 amide bonds. The maximum absolute atomic E-state index is 5.57. The third-order valence-corrected chi connectivity index (χ3v) is 3.38. The maximum atomic E-state index is 5.57. The number of hydrogen-bond acceptors (Lipinski definition) is 4. The Balaban J connectivity index is 2.44. The van der Waals surface area contributed by atoms with Crippen molar-refractivity contribution in [3.05, 3.63) is 42.2 Å². The molecule has 2 aromatic rings. The molecule has 5 nitrogen and oxygen atoms in total. The Morgan fingerprint density at radius 3 is 2.53 bits per heavy atom. The summed E-state index contributed by atoms with van der Waals surface area (Å²) in [5.41, 5.74) is 1.60. The van der Waals surface area contributed by atoms with E-state index in [2.05, 4.69) is 15.6 Å². The minimum atomic E-state index is -0.358. The van der Waals surface area contributed by atoms with E-state index in [1.165, 1.54) is 0 Å².